The lowest BCUT2D eigenvalue weighted by molar-refractivity contribution is -0.286. The Morgan fingerprint density at radius 3 is 2.71 bits per heavy atom. The van der Waals surface area contributed by atoms with E-state index in [9.17, 15) is 13.6 Å². The largest absolute Gasteiger partial charge is 0.586 e. The molecule has 1 amide bonds. The molecule has 1 aromatic carbocycles. The zero-order valence-electron chi connectivity index (χ0n) is 11.2. The standard InChI is InChI=1S/C13H14F2N2O3S/c1-2-3-8(11(16)21)12(18)17-7-4-5-9-10(6-7)20-13(14,15)19-9/h4-6,8H,2-3H2,1H3,(H2,16,21)(H,17,18). The summed E-state index contributed by atoms with van der Waals surface area (Å²) >= 11 is 4.86. The third-order valence-electron chi connectivity index (χ3n) is 2.91. The molecule has 21 heavy (non-hydrogen) atoms. The maximum atomic E-state index is 12.9. The summed E-state index contributed by atoms with van der Waals surface area (Å²) in [6, 6.07) is 3.99. The maximum Gasteiger partial charge on any atom is 0.586 e. The number of fused-ring (bicyclic) bond motifs is 1. The van der Waals surface area contributed by atoms with E-state index in [0.717, 1.165) is 6.42 Å². The summed E-state index contributed by atoms with van der Waals surface area (Å²) in [7, 11) is 0. The number of alkyl halides is 2. The number of hydrogen-bond acceptors (Lipinski definition) is 4. The Kier molecular flexibility index (Phi) is 4.26. The van der Waals surface area contributed by atoms with E-state index in [4.69, 9.17) is 18.0 Å². The lowest BCUT2D eigenvalue weighted by Gasteiger charge is -2.14. The predicted octanol–water partition coefficient (Wildman–Crippen LogP) is 2.65. The maximum absolute atomic E-state index is 12.9. The number of ether oxygens (including phenoxy) is 2. The summed E-state index contributed by atoms with van der Waals surface area (Å²) in [5, 5.41) is 2.58. The van der Waals surface area contributed by atoms with Crippen LogP contribution in [0.5, 0.6) is 11.5 Å². The molecule has 0 radical (unpaired) electrons. The third kappa shape index (κ3) is 3.57. The van der Waals surface area contributed by atoms with Gasteiger partial charge in [-0.15, -0.1) is 8.78 Å². The second-order valence-electron chi connectivity index (χ2n) is 4.56. The molecule has 3 N–H and O–H groups in total. The molecule has 1 aromatic rings. The van der Waals surface area contributed by atoms with E-state index in [1.54, 1.807) is 0 Å². The molecule has 1 unspecified atom stereocenters. The first-order chi connectivity index (χ1) is 9.82. The molecule has 1 atom stereocenters. The van der Waals surface area contributed by atoms with Gasteiger partial charge >= 0.3 is 6.29 Å². The fraction of sp³-hybridized carbons (Fsp3) is 0.385. The van der Waals surface area contributed by atoms with Gasteiger partial charge in [-0.3, -0.25) is 4.79 Å². The Hall–Kier alpha value is -1.96. The van der Waals surface area contributed by atoms with E-state index in [-0.39, 0.29) is 22.4 Å². The van der Waals surface area contributed by atoms with Gasteiger partial charge in [0.15, 0.2) is 11.5 Å². The minimum Gasteiger partial charge on any atom is -0.395 e. The fourth-order valence-corrected chi connectivity index (χ4v) is 2.17. The van der Waals surface area contributed by atoms with Gasteiger partial charge in [0.25, 0.3) is 0 Å². The number of anilines is 1. The number of hydrogen-bond donors (Lipinski definition) is 2. The van der Waals surface area contributed by atoms with Crippen molar-refractivity contribution in [3.8, 4) is 11.5 Å². The first-order valence-electron chi connectivity index (χ1n) is 6.32. The summed E-state index contributed by atoms with van der Waals surface area (Å²) < 4.78 is 34.4. The first kappa shape index (κ1) is 15.4. The number of amides is 1. The van der Waals surface area contributed by atoms with Crippen molar-refractivity contribution in [2.75, 3.05) is 5.32 Å². The molecule has 1 aliphatic rings. The number of benzene rings is 1. The second-order valence-corrected chi connectivity index (χ2v) is 5.03. The molecule has 0 spiro atoms. The number of halogens is 2. The number of carbonyl (C=O) groups excluding carboxylic acids is 1. The van der Waals surface area contributed by atoms with Crippen LogP contribution < -0.4 is 20.5 Å². The molecule has 0 fully saturated rings. The third-order valence-corrected chi connectivity index (χ3v) is 3.19. The van der Waals surface area contributed by atoms with Crippen LogP contribution in [0.15, 0.2) is 18.2 Å². The van der Waals surface area contributed by atoms with Gasteiger partial charge in [-0.05, 0) is 18.6 Å². The van der Waals surface area contributed by atoms with Crippen molar-refractivity contribution in [3.05, 3.63) is 18.2 Å². The number of thiocarbonyl (C=S) groups is 1. The minimum absolute atomic E-state index is 0.0857. The van der Waals surface area contributed by atoms with Crippen LogP contribution in [0.4, 0.5) is 14.5 Å². The Bertz CT molecular complexity index is 581. The highest BCUT2D eigenvalue weighted by atomic mass is 32.1. The van der Waals surface area contributed by atoms with Crippen LogP contribution in [0, 0.1) is 5.92 Å². The molecular formula is C13H14F2N2O3S. The lowest BCUT2D eigenvalue weighted by atomic mass is 10.0. The SMILES string of the molecule is CCCC(C(=O)Nc1ccc2c(c1)OC(F)(F)O2)C(N)=S. The molecule has 0 aromatic heterocycles. The van der Waals surface area contributed by atoms with E-state index >= 15 is 0 Å². The summed E-state index contributed by atoms with van der Waals surface area (Å²) in [4.78, 5) is 12.2. The van der Waals surface area contributed by atoms with Gasteiger partial charge in [-0.25, -0.2) is 0 Å². The van der Waals surface area contributed by atoms with Crippen LogP contribution in [-0.4, -0.2) is 17.2 Å². The van der Waals surface area contributed by atoms with E-state index in [0.29, 0.717) is 12.1 Å². The minimum atomic E-state index is -3.69. The zero-order valence-corrected chi connectivity index (χ0v) is 12.0. The van der Waals surface area contributed by atoms with Gasteiger partial charge in [-0.2, -0.15) is 0 Å². The number of nitrogens with two attached hydrogens (primary N) is 1. The normalized spacial score (nSPS) is 16.3. The molecule has 1 heterocycles. The molecule has 8 heteroatoms. The average molecular weight is 316 g/mol. The highest BCUT2D eigenvalue weighted by Gasteiger charge is 2.43. The predicted molar refractivity (Wildman–Crippen MR) is 76.5 cm³/mol. The fourth-order valence-electron chi connectivity index (χ4n) is 1.95. The van der Waals surface area contributed by atoms with Gasteiger partial charge in [0, 0.05) is 11.8 Å². The van der Waals surface area contributed by atoms with Crippen LogP contribution in [-0.2, 0) is 4.79 Å². The Labute approximate surface area is 125 Å². The quantitative estimate of drug-likeness (QED) is 0.817. The number of rotatable bonds is 5. The van der Waals surface area contributed by atoms with Crippen molar-refractivity contribution < 1.29 is 23.0 Å². The summed E-state index contributed by atoms with van der Waals surface area (Å²) in [5.74, 6) is -1.20. The van der Waals surface area contributed by atoms with Crippen LogP contribution in [0.2, 0.25) is 0 Å². The summed E-state index contributed by atoms with van der Waals surface area (Å²) in [6.45, 7) is 1.90. The van der Waals surface area contributed by atoms with Crippen LogP contribution >= 0.6 is 12.2 Å². The van der Waals surface area contributed by atoms with Crippen molar-refractivity contribution in [1.82, 2.24) is 0 Å². The zero-order chi connectivity index (χ0) is 15.6. The first-order valence-corrected chi connectivity index (χ1v) is 6.73. The monoisotopic (exact) mass is 316 g/mol. The van der Waals surface area contributed by atoms with Crippen LogP contribution in [0.3, 0.4) is 0 Å². The van der Waals surface area contributed by atoms with E-state index in [1.165, 1.54) is 18.2 Å². The van der Waals surface area contributed by atoms with Gasteiger partial charge in [0.1, 0.15) is 0 Å². The highest BCUT2D eigenvalue weighted by Crippen LogP contribution is 2.42. The molecule has 0 aliphatic carbocycles. The highest BCUT2D eigenvalue weighted by molar-refractivity contribution is 7.80. The summed E-state index contributed by atoms with van der Waals surface area (Å²) in [6.07, 6.45) is -2.43. The molecular weight excluding hydrogens is 302 g/mol. The molecule has 5 nitrogen and oxygen atoms in total. The van der Waals surface area contributed by atoms with Crippen molar-refractivity contribution in [3.63, 3.8) is 0 Å². The van der Waals surface area contributed by atoms with Crippen molar-refractivity contribution in [2.24, 2.45) is 11.7 Å². The van der Waals surface area contributed by atoms with E-state index in [1.807, 2.05) is 6.92 Å². The van der Waals surface area contributed by atoms with Crippen LogP contribution in [0.25, 0.3) is 0 Å². The van der Waals surface area contributed by atoms with Gasteiger partial charge in [0.05, 0.1) is 10.9 Å². The topological polar surface area (TPSA) is 73.6 Å². The van der Waals surface area contributed by atoms with Gasteiger partial charge in [0.2, 0.25) is 5.91 Å². The summed E-state index contributed by atoms with van der Waals surface area (Å²) in [5.41, 5.74) is 5.83. The molecule has 1 aliphatic heterocycles. The Morgan fingerprint density at radius 2 is 2.10 bits per heavy atom. The average Bonchev–Trinajstić information content (AvgIpc) is 2.68. The molecule has 114 valence electrons. The molecule has 0 saturated heterocycles. The smallest absolute Gasteiger partial charge is 0.395 e. The Balaban J connectivity index is 2.11. The van der Waals surface area contributed by atoms with Crippen molar-refractivity contribution >= 4 is 28.8 Å². The number of nitrogens with one attached hydrogen (secondary N) is 1. The Morgan fingerprint density at radius 1 is 1.43 bits per heavy atom. The lowest BCUT2D eigenvalue weighted by Crippen LogP contribution is -2.33. The second kappa shape index (κ2) is 5.80. The molecule has 0 bridgehead atoms. The van der Waals surface area contributed by atoms with Gasteiger partial charge < -0.3 is 20.5 Å². The van der Waals surface area contributed by atoms with Gasteiger partial charge in [-0.1, -0.05) is 25.6 Å². The number of carbonyl (C=O) groups is 1. The van der Waals surface area contributed by atoms with Crippen molar-refractivity contribution in [1.29, 1.82) is 0 Å². The van der Waals surface area contributed by atoms with Crippen LogP contribution in [0.1, 0.15) is 19.8 Å². The van der Waals surface area contributed by atoms with Crippen molar-refractivity contribution in [2.45, 2.75) is 26.1 Å². The molecule has 2 rings (SSSR count). The van der Waals surface area contributed by atoms with E-state index in [2.05, 4.69) is 14.8 Å². The van der Waals surface area contributed by atoms with E-state index < -0.39 is 12.2 Å². The molecule has 0 saturated carbocycles.